The Morgan fingerprint density at radius 1 is 1.39 bits per heavy atom. The molecule has 1 aliphatic heterocycles. The lowest BCUT2D eigenvalue weighted by atomic mass is 9.94. The van der Waals surface area contributed by atoms with Gasteiger partial charge in [0.1, 0.15) is 17.1 Å². The summed E-state index contributed by atoms with van der Waals surface area (Å²) in [5, 5.41) is 9.42. The first-order valence-electron chi connectivity index (χ1n) is 6.33. The molecule has 1 N–H and O–H groups in total. The Labute approximate surface area is 109 Å². The highest BCUT2D eigenvalue weighted by Gasteiger charge is 2.26. The van der Waals surface area contributed by atoms with Crippen molar-refractivity contribution >= 4 is 6.08 Å². The molecule has 96 valence electrons. The molecule has 2 rings (SSSR count). The molecular weight excluding hydrogens is 224 g/mol. The predicted molar refractivity (Wildman–Crippen MR) is 74.8 cm³/mol. The number of phenolic OH excluding ortho intramolecular Hbond substituents is 1. The SMILES string of the molecule is CC(C)=CCC[C@@]1(C)C=Cc2cc(O)ccc2O1. The van der Waals surface area contributed by atoms with Gasteiger partial charge in [-0.1, -0.05) is 17.7 Å². The highest BCUT2D eigenvalue weighted by atomic mass is 16.5. The fraction of sp³-hybridized carbons (Fsp3) is 0.375. The summed E-state index contributed by atoms with van der Waals surface area (Å²) >= 11 is 0. The maximum absolute atomic E-state index is 9.42. The van der Waals surface area contributed by atoms with Gasteiger partial charge in [-0.3, -0.25) is 0 Å². The molecule has 0 aromatic heterocycles. The zero-order valence-corrected chi connectivity index (χ0v) is 11.2. The molecule has 2 nitrogen and oxygen atoms in total. The first-order chi connectivity index (χ1) is 8.48. The summed E-state index contributed by atoms with van der Waals surface area (Å²) in [4.78, 5) is 0. The average Bonchev–Trinajstić information content (AvgIpc) is 2.29. The van der Waals surface area contributed by atoms with Gasteiger partial charge < -0.3 is 9.84 Å². The first-order valence-corrected chi connectivity index (χ1v) is 6.33. The van der Waals surface area contributed by atoms with E-state index in [0.717, 1.165) is 24.2 Å². The van der Waals surface area contributed by atoms with Crippen molar-refractivity contribution in [3.8, 4) is 11.5 Å². The lowest BCUT2D eigenvalue weighted by molar-refractivity contribution is 0.128. The number of hydrogen-bond acceptors (Lipinski definition) is 2. The molecule has 2 heteroatoms. The molecule has 1 aromatic carbocycles. The van der Waals surface area contributed by atoms with E-state index in [9.17, 15) is 5.11 Å². The molecular formula is C16H20O2. The van der Waals surface area contributed by atoms with Gasteiger partial charge in [-0.25, -0.2) is 0 Å². The monoisotopic (exact) mass is 244 g/mol. The summed E-state index contributed by atoms with van der Waals surface area (Å²) in [6.07, 6.45) is 8.30. The Morgan fingerprint density at radius 2 is 2.17 bits per heavy atom. The molecule has 1 atom stereocenters. The van der Waals surface area contributed by atoms with E-state index in [4.69, 9.17) is 4.74 Å². The third-order valence-corrected chi connectivity index (χ3v) is 3.15. The van der Waals surface area contributed by atoms with Crippen molar-refractivity contribution in [2.75, 3.05) is 0 Å². The van der Waals surface area contributed by atoms with Gasteiger partial charge in [0.2, 0.25) is 0 Å². The molecule has 0 fully saturated rings. The van der Waals surface area contributed by atoms with Gasteiger partial charge in [-0.05, 0) is 57.9 Å². The second-order valence-electron chi connectivity index (χ2n) is 5.29. The van der Waals surface area contributed by atoms with Crippen LogP contribution in [0.1, 0.15) is 39.2 Å². The van der Waals surface area contributed by atoms with Gasteiger partial charge in [0.15, 0.2) is 0 Å². The minimum absolute atomic E-state index is 0.254. The van der Waals surface area contributed by atoms with E-state index in [2.05, 4.69) is 32.9 Å². The maximum atomic E-state index is 9.42. The lowest BCUT2D eigenvalue weighted by Crippen LogP contribution is -2.31. The number of hydrogen-bond donors (Lipinski definition) is 1. The van der Waals surface area contributed by atoms with Gasteiger partial charge in [0.25, 0.3) is 0 Å². The number of ether oxygens (including phenoxy) is 1. The minimum atomic E-state index is -0.254. The molecule has 0 spiro atoms. The van der Waals surface area contributed by atoms with E-state index in [-0.39, 0.29) is 11.4 Å². The fourth-order valence-corrected chi connectivity index (χ4v) is 2.09. The van der Waals surface area contributed by atoms with Crippen molar-refractivity contribution in [3.05, 3.63) is 41.5 Å². The van der Waals surface area contributed by atoms with Crippen LogP contribution < -0.4 is 4.74 Å². The number of fused-ring (bicyclic) bond motifs is 1. The normalized spacial score (nSPS) is 21.1. The van der Waals surface area contributed by atoms with Crippen LogP contribution in [0.25, 0.3) is 6.08 Å². The second-order valence-corrected chi connectivity index (χ2v) is 5.29. The van der Waals surface area contributed by atoms with Crippen molar-refractivity contribution < 1.29 is 9.84 Å². The van der Waals surface area contributed by atoms with E-state index in [0.29, 0.717) is 0 Å². The molecule has 0 radical (unpaired) electrons. The molecule has 0 unspecified atom stereocenters. The third kappa shape index (κ3) is 2.95. The van der Waals surface area contributed by atoms with Crippen LogP contribution in [0.15, 0.2) is 35.9 Å². The first kappa shape index (κ1) is 12.7. The van der Waals surface area contributed by atoms with E-state index in [1.165, 1.54) is 5.57 Å². The van der Waals surface area contributed by atoms with Crippen LogP contribution in [-0.4, -0.2) is 10.7 Å². The number of phenols is 1. The Kier molecular flexibility index (Phi) is 3.46. The van der Waals surface area contributed by atoms with Gasteiger partial charge >= 0.3 is 0 Å². The Bertz CT molecular complexity index is 496. The topological polar surface area (TPSA) is 29.5 Å². The van der Waals surface area contributed by atoms with E-state index < -0.39 is 0 Å². The zero-order valence-electron chi connectivity index (χ0n) is 11.2. The van der Waals surface area contributed by atoms with E-state index in [1.54, 1.807) is 12.1 Å². The van der Waals surface area contributed by atoms with Crippen molar-refractivity contribution in [1.82, 2.24) is 0 Å². The van der Waals surface area contributed by atoms with Crippen LogP contribution in [0.4, 0.5) is 0 Å². The standard InChI is InChI=1S/C16H20O2/c1-12(2)5-4-9-16(3)10-8-13-11-14(17)6-7-15(13)18-16/h5-8,10-11,17H,4,9H2,1-3H3/t16-/m0/s1. The molecule has 0 amide bonds. The van der Waals surface area contributed by atoms with Crippen LogP contribution in [0.2, 0.25) is 0 Å². The number of aromatic hydroxyl groups is 1. The predicted octanol–water partition coefficient (Wildman–Crippen LogP) is 4.30. The van der Waals surface area contributed by atoms with E-state index in [1.807, 2.05) is 12.1 Å². The Balaban J connectivity index is 2.11. The van der Waals surface area contributed by atoms with Crippen molar-refractivity contribution in [3.63, 3.8) is 0 Å². The third-order valence-electron chi connectivity index (χ3n) is 3.15. The van der Waals surface area contributed by atoms with Gasteiger partial charge in [0.05, 0.1) is 0 Å². The van der Waals surface area contributed by atoms with E-state index >= 15 is 0 Å². The highest BCUT2D eigenvalue weighted by Crippen LogP contribution is 2.35. The summed E-state index contributed by atoms with van der Waals surface area (Å²) < 4.78 is 6.03. The maximum Gasteiger partial charge on any atom is 0.128 e. The van der Waals surface area contributed by atoms with Gasteiger partial charge in [-0.2, -0.15) is 0 Å². The Hall–Kier alpha value is -1.70. The summed E-state index contributed by atoms with van der Waals surface area (Å²) in [5.41, 5.74) is 2.02. The van der Waals surface area contributed by atoms with Gasteiger partial charge in [0, 0.05) is 5.56 Å². The fourth-order valence-electron chi connectivity index (χ4n) is 2.09. The molecule has 0 bridgehead atoms. The van der Waals surface area contributed by atoms with Crippen molar-refractivity contribution in [2.45, 2.75) is 39.2 Å². The number of benzene rings is 1. The minimum Gasteiger partial charge on any atom is -0.508 e. The second kappa shape index (κ2) is 4.89. The van der Waals surface area contributed by atoms with Crippen LogP contribution in [0, 0.1) is 0 Å². The van der Waals surface area contributed by atoms with Crippen LogP contribution >= 0.6 is 0 Å². The summed E-state index contributed by atoms with van der Waals surface area (Å²) in [7, 11) is 0. The van der Waals surface area contributed by atoms with Crippen LogP contribution in [0.3, 0.4) is 0 Å². The molecule has 1 aromatic rings. The largest absolute Gasteiger partial charge is 0.508 e. The van der Waals surface area contributed by atoms with Crippen LogP contribution in [-0.2, 0) is 0 Å². The summed E-state index contributed by atoms with van der Waals surface area (Å²) in [6, 6.07) is 5.21. The van der Waals surface area contributed by atoms with Crippen molar-refractivity contribution in [2.24, 2.45) is 0 Å². The smallest absolute Gasteiger partial charge is 0.128 e. The molecule has 1 heterocycles. The summed E-state index contributed by atoms with van der Waals surface area (Å²) in [6.45, 7) is 6.31. The zero-order chi connectivity index (χ0) is 13.2. The van der Waals surface area contributed by atoms with Gasteiger partial charge in [-0.15, -0.1) is 0 Å². The number of rotatable bonds is 3. The molecule has 1 aliphatic rings. The summed E-state index contributed by atoms with van der Waals surface area (Å²) in [5.74, 6) is 1.12. The van der Waals surface area contributed by atoms with Crippen LogP contribution in [0.5, 0.6) is 11.5 Å². The molecule has 0 saturated carbocycles. The Morgan fingerprint density at radius 3 is 2.89 bits per heavy atom. The average molecular weight is 244 g/mol. The molecule has 18 heavy (non-hydrogen) atoms. The van der Waals surface area contributed by atoms with Crippen molar-refractivity contribution in [1.29, 1.82) is 0 Å². The molecule has 0 saturated heterocycles. The molecule has 0 aliphatic carbocycles. The lowest BCUT2D eigenvalue weighted by Gasteiger charge is -2.31. The quantitative estimate of drug-likeness (QED) is 0.803. The number of allylic oxidation sites excluding steroid dienone is 2. The highest BCUT2D eigenvalue weighted by molar-refractivity contribution is 5.62.